The maximum absolute atomic E-state index is 11.7. The molecule has 0 fully saturated rings. The Hall–Kier alpha value is -2.28. The van der Waals surface area contributed by atoms with E-state index in [-0.39, 0.29) is 5.75 Å². The Morgan fingerprint density at radius 1 is 1.43 bits per heavy atom. The van der Waals surface area contributed by atoms with Crippen LogP contribution >= 0.6 is 11.8 Å². The quantitative estimate of drug-likeness (QED) is 0.590. The lowest BCUT2D eigenvalue weighted by atomic mass is 10.1. The molecule has 1 aromatic carbocycles. The standard InChI is InChI=1S/C14H13N3O3S/c1-8-11(18)4-3-10-9(5-12(19)20-13(8)10)6-21-14-16-15-7-17(14)2/h3-5,7,18H,6H2,1-2H3. The zero-order valence-corrected chi connectivity index (χ0v) is 12.3. The van der Waals surface area contributed by atoms with Crippen molar-refractivity contribution >= 4 is 22.7 Å². The molecule has 3 rings (SSSR count). The van der Waals surface area contributed by atoms with E-state index in [1.807, 2.05) is 11.6 Å². The molecule has 0 aliphatic heterocycles. The van der Waals surface area contributed by atoms with Gasteiger partial charge in [0, 0.05) is 29.8 Å². The van der Waals surface area contributed by atoms with Crippen LogP contribution < -0.4 is 5.63 Å². The second-order valence-electron chi connectivity index (χ2n) is 4.69. The van der Waals surface area contributed by atoms with Gasteiger partial charge in [0.05, 0.1) is 0 Å². The summed E-state index contributed by atoms with van der Waals surface area (Å²) in [4.78, 5) is 11.7. The summed E-state index contributed by atoms with van der Waals surface area (Å²) >= 11 is 1.49. The lowest BCUT2D eigenvalue weighted by molar-refractivity contribution is 0.468. The van der Waals surface area contributed by atoms with E-state index in [4.69, 9.17) is 4.42 Å². The smallest absolute Gasteiger partial charge is 0.336 e. The highest BCUT2D eigenvalue weighted by Crippen LogP contribution is 2.30. The van der Waals surface area contributed by atoms with Gasteiger partial charge in [0.25, 0.3) is 0 Å². The number of hydrogen-bond acceptors (Lipinski definition) is 6. The van der Waals surface area contributed by atoms with Crippen LogP contribution in [-0.4, -0.2) is 19.9 Å². The average Bonchev–Trinajstić information content (AvgIpc) is 2.86. The van der Waals surface area contributed by atoms with E-state index in [0.717, 1.165) is 16.1 Å². The normalized spacial score (nSPS) is 11.1. The molecular formula is C14H13N3O3S. The number of phenols is 1. The molecule has 0 aliphatic carbocycles. The number of hydrogen-bond donors (Lipinski definition) is 1. The highest BCUT2D eigenvalue weighted by molar-refractivity contribution is 7.98. The zero-order valence-electron chi connectivity index (χ0n) is 11.5. The summed E-state index contributed by atoms with van der Waals surface area (Å²) in [5.41, 5.74) is 1.41. The molecule has 0 amide bonds. The van der Waals surface area contributed by atoms with Gasteiger partial charge in [-0.1, -0.05) is 11.8 Å². The predicted octanol–water partition coefficient (Wildman–Crippen LogP) is 2.23. The number of aromatic nitrogens is 3. The number of aromatic hydroxyl groups is 1. The van der Waals surface area contributed by atoms with Crippen LogP contribution in [0.5, 0.6) is 5.75 Å². The maximum atomic E-state index is 11.7. The number of phenolic OH excluding ortho intramolecular Hbond substituents is 1. The molecule has 6 nitrogen and oxygen atoms in total. The minimum Gasteiger partial charge on any atom is -0.508 e. The lowest BCUT2D eigenvalue weighted by Crippen LogP contribution is -2.01. The lowest BCUT2D eigenvalue weighted by Gasteiger charge is -2.07. The Morgan fingerprint density at radius 3 is 2.95 bits per heavy atom. The average molecular weight is 303 g/mol. The topological polar surface area (TPSA) is 81.2 Å². The number of benzene rings is 1. The molecule has 0 spiro atoms. The largest absolute Gasteiger partial charge is 0.508 e. The van der Waals surface area contributed by atoms with Crippen molar-refractivity contribution in [1.29, 1.82) is 0 Å². The molecule has 0 atom stereocenters. The molecule has 3 aromatic rings. The molecule has 7 heteroatoms. The molecule has 0 radical (unpaired) electrons. The Morgan fingerprint density at radius 2 is 2.24 bits per heavy atom. The summed E-state index contributed by atoms with van der Waals surface area (Å²) in [6.45, 7) is 1.72. The monoisotopic (exact) mass is 303 g/mol. The van der Waals surface area contributed by atoms with Crippen LogP contribution in [0.25, 0.3) is 11.0 Å². The molecule has 0 unspecified atom stereocenters. The molecule has 0 aliphatic rings. The first-order valence-electron chi connectivity index (χ1n) is 6.28. The van der Waals surface area contributed by atoms with Gasteiger partial charge in [0.1, 0.15) is 17.7 Å². The van der Waals surface area contributed by atoms with E-state index in [2.05, 4.69) is 10.2 Å². The third-order valence-electron chi connectivity index (χ3n) is 3.24. The Labute approximate surface area is 124 Å². The summed E-state index contributed by atoms with van der Waals surface area (Å²) in [6.07, 6.45) is 1.63. The van der Waals surface area contributed by atoms with Crippen molar-refractivity contribution in [2.75, 3.05) is 0 Å². The van der Waals surface area contributed by atoms with Gasteiger partial charge in [0.15, 0.2) is 5.16 Å². The predicted molar refractivity (Wildman–Crippen MR) is 79.4 cm³/mol. The van der Waals surface area contributed by atoms with Crippen LogP contribution in [0.15, 0.2) is 38.9 Å². The SMILES string of the molecule is Cc1c(O)ccc2c(CSc3nncn3C)cc(=O)oc12. The van der Waals surface area contributed by atoms with E-state index in [0.29, 0.717) is 16.9 Å². The number of nitrogens with zero attached hydrogens (tertiary/aromatic N) is 3. The van der Waals surface area contributed by atoms with Crippen LogP contribution in [0.4, 0.5) is 0 Å². The van der Waals surface area contributed by atoms with Crippen molar-refractivity contribution < 1.29 is 9.52 Å². The van der Waals surface area contributed by atoms with Crippen molar-refractivity contribution in [3.05, 3.63) is 46.1 Å². The third-order valence-corrected chi connectivity index (χ3v) is 4.33. The second-order valence-corrected chi connectivity index (χ2v) is 5.63. The summed E-state index contributed by atoms with van der Waals surface area (Å²) < 4.78 is 7.03. The number of rotatable bonds is 3. The van der Waals surface area contributed by atoms with E-state index in [1.165, 1.54) is 17.8 Å². The molecule has 0 saturated heterocycles. The molecule has 2 aromatic heterocycles. The van der Waals surface area contributed by atoms with Crippen LogP contribution in [0, 0.1) is 6.92 Å². The van der Waals surface area contributed by atoms with Crippen molar-refractivity contribution in [3.63, 3.8) is 0 Å². The van der Waals surface area contributed by atoms with Gasteiger partial charge in [-0.15, -0.1) is 10.2 Å². The van der Waals surface area contributed by atoms with Crippen molar-refractivity contribution in [3.8, 4) is 5.75 Å². The Bertz CT molecular complexity index is 870. The van der Waals surface area contributed by atoms with Gasteiger partial charge in [-0.2, -0.15) is 0 Å². The van der Waals surface area contributed by atoms with Crippen LogP contribution in [-0.2, 0) is 12.8 Å². The first-order valence-corrected chi connectivity index (χ1v) is 7.27. The van der Waals surface area contributed by atoms with E-state index >= 15 is 0 Å². The molecule has 108 valence electrons. The van der Waals surface area contributed by atoms with Crippen LogP contribution in [0.1, 0.15) is 11.1 Å². The number of fused-ring (bicyclic) bond motifs is 1. The highest BCUT2D eigenvalue weighted by Gasteiger charge is 2.12. The molecule has 0 bridgehead atoms. The fourth-order valence-electron chi connectivity index (χ4n) is 2.08. The van der Waals surface area contributed by atoms with Crippen molar-refractivity contribution in [1.82, 2.24) is 14.8 Å². The van der Waals surface area contributed by atoms with Crippen LogP contribution in [0.3, 0.4) is 0 Å². The molecule has 0 saturated carbocycles. The summed E-state index contributed by atoms with van der Waals surface area (Å²) in [6, 6.07) is 4.84. The van der Waals surface area contributed by atoms with E-state index in [1.54, 1.807) is 25.4 Å². The zero-order chi connectivity index (χ0) is 15.0. The molecule has 2 heterocycles. The fourth-order valence-corrected chi connectivity index (χ4v) is 2.96. The van der Waals surface area contributed by atoms with Gasteiger partial charge in [-0.25, -0.2) is 4.79 Å². The van der Waals surface area contributed by atoms with Gasteiger partial charge in [0.2, 0.25) is 0 Å². The summed E-state index contributed by atoms with van der Waals surface area (Å²) in [5.74, 6) is 0.683. The number of aryl methyl sites for hydroxylation is 2. The van der Waals surface area contributed by atoms with E-state index < -0.39 is 5.63 Å². The van der Waals surface area contributed by atoms with Gasteiger partial charge >= 0.3 is 5.63 Å². The minimum atomic E-state index is -0.426. The first kappa shape index (κ1) is 13.7. The minimum absolute atomic E-state index is 0.115. The third kappa shape index (κ3) is 2.52. The molecule has 1 N–H and O–H groups in total. The van der Waals surface area contributed by atoms with Gasteiger partial charge in [-0.05, 0) is 24.6 Å². The van der Waals surface area contributed by atoms with Gasteiger partial charge in [-0.3, -0.25) is 0 Å². The summed E-state index contributed by atoms with van der Waals surface area (Å²) in [5, 5.41) is 19.1. The van der Waals surface area contributed by atoms with E-state index in [9.17, 15) is 9.90 Å². The molecular weight excluding hydrogens is 290 g/mol. The Balaban J connectivity index is 2.04. The fraction of sp³-hybridized carbons (Fsp3) is 0.214. The second kappa shape index (κ2) is 5.25. The first-order chi connectivity index (χ1) is 10.1. The maximum Gasteiger partial charge on any atom is 0.336 e. The highest BCUT2D eigenvalue weighted by atomic mass is 32.2. The Kier molecular flexibility index (Phi) is 3.42. The number of thioether (sulfide) groups is 1. The van der Waals surface area contributed by atoms with Crippen molar-refractivity contribution in [2.24, 2.45) is 7.05 Å². The van der Waals surface area contributed by atoms with Gasteiger partial charge < -0.3 is 14.1 Å². The van der Waals surface area contributed by atoms with Crippen molar-refractivity contribution in [2.45, 2.75) is 17.8 Å². The molecule has 21 heavy (non-hydrogen) atoms. The summed E-state index contributed by atoms with van der Waals surface area (Å²) in [7, 11) is 1.86. The van der Waals surface area contributed by atoms with Crippen LogP contribution in [0.2, 0.25) is 0 Å².